The van der Waals surface area contributed by atoms with Gasteiger partial charge in [-0.1, -0.05) is 0 Å². The van der Waals surface area contributed by atoms with E-state index >= 15 is 0 Å². The first-order valence-corrected chi connectivity index (χ1v) is 8.18. The van der Waals surface area contributed by atoms with E-state index in [1.807, 2.05) is 18.7 Å². The van der Waals surface area contributed by atoms with Crippen molar-refractivity contribution in [3.05, 3.63) is 17.0 Å². The monoisotopic (exact) mass is 453 g/mol. The Morgan fingerprint density at radius 1 is 1.21 bits per heavy atom. The van der Waals surface area contributed by atoms with Crippen LogP contribution in [-0.4, -0.2) is 55.8 Å². The van der Waals surface area contributed by atoms with E-state index in [-0.39, 0.29) is 24.0 Å². The molecule has 24 heavy (non-hydrogen) atoms. The number of nitrogens with zero attached hydrogens (tertiary/aromatic N) is 3. The van der Waals surface area contributed by atoms with E-state index < -0.39 is 0 Å². The summed E-state index contributed by atoms with van der Waals surface area (Å²) in [5, 5.41) is 11.0. The molecule has 0 aliphatic heterocycles. The highest BCUT2D eigenvalue weighted by Crippen LogP contribution is 2.12. The van der Waals surface area contributed by atoms with Crippen LogP contribution < -0.4 is 10.6 Å². The van der Waals surface area contributed by atoms with Crippen molar-refractivity contribution >= 4 is 29.9 Å². The number of aromatic nitrogens is 2. The van der Waals surface area contributed by atoms with E-state index in [0.29, 0.717) is 19.8 Å². The zero-order valence-electron chi connectivity index (χ0n) is 15.5. The van der Waals surface area contributed by atoms with E-state index in [4.69, 9.17) is 9.47 Å². The van der Waals surface area contributed by atoms with Crippen LogP contribution >= 0.6 is 24.0 Å². The van der Waals surface area contributed by atoms with Gasteiger partial charge >= 0.3 is 0 Å². The topological polar surface area (TPSA) is 72.7 Å². The van der Waals surface area contributed by atoms with Gasteiger partial charge in [0.15, 0.2) is 5.96 Å². The molecule has 0 fully saturated rings. The first-order valence-electron chi connectivity index (χ1n) is 8.18. The molecule has 0 aliphatic rings. The largest absolute Gasteiger partial charge is 0.382 e. The molecule has 0 aliphatic carbocycles. The average Bonchev–Trinajstić information content (AvgIpc) is 2.77. The summed E-state index contributed by atoms with van der Waals surface area (Å²) in [5.41, 5.74) is 3.39. The van der Waals surface area contributed by atoms with E-state index in [1.54, 1.807) is 7.11 Å². The minimum absolute atomic E-state index is 0. The van der Waals surface area contributed by atoms with Gasteiger partial charge in [-0.25, -0.2) is 4.99 Å². The predicted molar refractivity (Wildman–Crippen MR) is 108 cm³/mol. The number of ether oxygens (including phenoxy) is 2. The fourth-order valence-corrected chi connectivity index (χ4v) is 2.17. The zero-order valence-corrected chi connectivity index (χ0v) is 17.8. The fourth-order valence-electron chi connectivity index (χ4n) is 2.17. The quantitative estimate of drug-likeness (QED) is 0.245. The van der Waals surface area contributed by atoms with Gasteiger partial charge < -0.3 is 20.1 Å². The smallest absolute Gasteiger partial charge is 0.191 e. The number of hydrogen-bond acceptors (Lipinski definition) is 4. The summed E-state index contributed by atoms with van der Waals surface area (Å²) >= 11 is 0. The molecule has 7 nitrogen and oxygen atoms in total. The first kappa shape index (κ1) is 23.1. The molecule has 0 bridgehead atoms. The number of aliphatic imine (C=N–C) groups is 1. The molecule has 2 N–H and O–H groups in total. The van der Waals surface area contributed by atoms with Gasteiger partial charge in [0.1, 0.15) is 0 Å². The molecule has 0 unspecified atom stereocenters. The predicted octanol–water partition coefficient (Wildman–Crippen LogP) is 1.76. The molecule has 8 heteroatoms. The Balaban J connectivity index is 0.00000529. The van der Waals surface area contributed by atoms with Gasteiger partial charge in [0.2, 0.25) is 0 Å². The zero-order chi connectivity index (χ0) is 17.1. The van der Waals surface area contributed by atoms with Crippen molar-refractivity contribution < 1.29 is 9.47 Å². The van der Waals surface area contributed by atoms with Gasteiger partial charge in [0.25, 0.3) is 0 Å². The van der Waals surface area contributed by atoms with Crippen LogP contribution in [0.4, 0.5) is 0 Å². The number of methoxy groups -OCH3 is 1. The van der Waals surface area contributed by atoms with Crippen molar-refractivity contribution in [2.75, 3.05) is 40.0 Å². The Morgan fingerprint density at radius 2 is 1.96 bits per heavy atom. The second kappa shape index (κ2) is 13.4. The molecular weight excluding hydrogens is 421 g/mol. The average molecular weight is 453 g/mol. The highest BCUT2D eigenvalue weighted by Gasteiger charge is 2.08. The maximum Gasteiger partial charge on any atom is 0.191 e. The molecule has 1 aromatic heterocycles. The van der Waals surface area contributed by atoms with E-state index in [9.17, 15) is 0 Å². The highest BCUT2D eigenvalue weighted by atomic mass is 127. The number of guanidine groups is 1. The van der Waals surface area contributed by atoms with Crippen LogP contribution in [0.25, 0.3) is 0 Å². The van der Waals surface area contributed by atoms with Crippen LogP contribution in [0.5, 0.6) is 0 Å². The van der Waals surface area contributed by atoms with Crippen LogP contribution in [0.3, 0.4) is 0 Å². The molecule has 0 atom stereocenters. The molecule has 140 valence electrons. The van der Waals surface area contributed by atoms with E-state index in [0.717, 1.165) is 43.5 Å². The van der Waals surface area contributed by atoms with E-state index in [1.165, 1.54) is 5.56 Å². The number of aryl methyl sites for hydroxylation is 2. The second-order valence-electron chi connectivity index (χ2n) is 5.35. The van der Waals surface area contributed by atoms with Crippen molar-refractivity contribution in [3.8, 4) is 0 Å². The molecule has 0 saturated carbocycles. The van der Waals surface area contributed by atoms with Gasteiger partial charge in [-0.3, -0.25) is 4.68 Å². The fraction of sp³-hybridized carbons (Fsp3) is 0.750. The molecule has 0 spiro atoms. The minimum atomic E-state index is 0. The number of hydrogen-bond donors (Lipinski definition) is 2. The lowest BCUT2D eigenvalue weighted by molar-refractivity contribution is 0.0698. The summed E-state index contributed by atoms with van der Waals surface area (Å²) in [5.74, 6) is 0.826. The second-order valence-corrected chi connectivity index (χ2v) is 5.35. The van der Waals surface area contributed by atoms with Gasteiger partial charge in [-0.05, 0) is 27.2 Å². The van der Waals surface area contributed by atoms with Gasteiger partial charge in [0, 0.05) is 45.1 Å². The van der Waals surface area contributed by atoms with Crippen LogP contribution in [0.1, 0.15) is 30.3 Å². The number of halogens is 1. The third-order valence-corrected chi connectivity index (χ3v) is 3.59. The standard InChI is InChI=1S/C16H31N5O2.HI/c1-6-17-16(18-8-7-9-23-11-10-22-5)19-12-15-13(2)20-21(4)14(15)3;/h6-12H2,1-5H3,(H2,17,18,19);1H. The van der Waals surface area contributed by atoms with Crippen LogP contribution in [-0.2, 0) is 23.1 Å². The molecular formula is C16H32IN5O2. The lowest BCUT2D eigenvalue weighted by Gasteiger charge is -2.11. The third kappa shape index (κ3) is 8.29. The van der Waals surface area contributed by atoms with E-state index in [2.05, 4.69) is 34.6 Å². The van der Waals surface area contributed by atoms with Crippen molar-refractivity contribution in [1.29, 1.82) is 0 Å². The summed E-state index contributed by atoms with van der Waals surface area (Å²) in [4.78, 5) is 4.65. The Labute approximate surface area is 162 Å². The highest BCUT2D eigenvalue weighted by molar-refractivity contribution is 14.0. The van der Waals surface area contributed by atoms with Crippen LogP contribution in [0, 0.1) is 13.8 Å². The third-order valence-electron chi connectivity index (χ3n) is 3.59. The summed E-state index contributed by atoms with van der Waals surface area (Å²) in [6.07, 6.45) is 0.930. The minimum Gasteiger partial charge on any atom is -0.382 e. The molecule has 1 aromatic rings. The van der Waals surface area contributed by atoms with Crippen molar-refractivity contribution in [3.63, 3.8) is 0 Å². The SMILES string of the molecule is CCNC(=NCc1c(C)nn(C)c1C)NCCCOCCOC.I. The lowest BCUT2D eigenvalue weighted by Crippen LogP contribution is -2.38. The van der Waals surface area contributed by atoms with Gasteiger partial charge in [0.05, 0.1) is 25.5 Å². The maximum absolute atomic E-state index is 5.44. The van der Waals surface area contributed by atoms with Crippen molar-refractivity contribution in [2.24, 2.45) is 12.0 Å². The first-order chi connectivity index (χ1) is 11.1. The molecule has 1 rings (SSSR count). The number of rotatable bonds is 10. The normalized spacial score (nSPS) is 11.3. The summed E-state index contributed by atoms with van der Waals surface area (Å²) in [6.45, 7) is 10.4. The van der Waals surface area contributed by atoms with Crippen molar-refractivity contribution in [2.45, 2.75) is 33.7 Å². The molecule has 0 aromatic carbocycles. The molecule has 0 saturated heterocycles. The molecule has 0 radical (unpaired) electrons. The lowest BCUT2D eigenvalue weighted by atomic mass is 10.2. The van der Waals surface area contributed by atoms with Gasteiger partial charge in [-0.2, -0.15) is 5.10 Å². The molecule has 0 amide bonds. The van der Waals surface area contributed by atoms with Crippen LogP contribution in [0.15, 0.2) is 4.99 Å². The Morgan fingerprint density at radius 3 is 2.54 bits per heavy atom. The Kier molecular flexibility index (Phi) is 12.9. The number of nitrogens with one attached hydrogen (secondary N) is 2. The summed E-state index contributed by atoms with van der Waals surface area (Å²) < 4.78 is 12.3. The Hall–Kier alpha value is -0.870. The van der Waals surface area contributed by atoms with Gasteiger partial charge in [-0.15, -0.1) is 24.0 Å². The summed E-state index contributed by atoms with van der Waals surface area (Å²) in [7, 11) is 3.64. The Bertz CT molecular complexity index is 491. The molecule has 1 heterocycles. The maximum atomic E-state index is 5.44. The van der Waals surface area contributed by atoms with Crippen LogP contribution in [0.2, 0.25) is 0 Å². The summed E-state index contributed by atoms with van der Waals surface area (Å²) in [6, 6.07) is 0. The van der Waals surface area contributed by atoms with Crippen molar-refractivity contribution in [1.82, 2.24) is 20.4 Å².